The number of ether oxygens (including phenoxy) is 1. The highest BCUT2D eigenvalue weighted by molar-refractivity contribution is 5.93. The average Bonchev–Trinajstić information content (AvgIpc) is 3.00. The summed E-state index contributed by atoms with van der Waals surface area (Å²) in [5.74, 6) is 5.69. The van der Waals surface area contributed by atoms with E-state index in [-0.39, 0.29) is 17.9 Å². The van der Waals surface area contributed by atoms with Crippen molar-refractivity contribution in [3.63, 3.8) is 0 Å². The van der Waals surface area contributed by atoms with Crippen molar-refractivity contribution in [2.24, 2.45) is 24.7 Å². The standard InChI is InChI=1S/C21H26N4O2/c1-12-16-10-25-8-7-14-13-5-3-4-6-18(13)24(2)20(14)19(25)9-15(16)17(11-27-12)21(26)23-22/h3-6,11-12,15-16,19H,7-10,22H2,1-2H3,(H,23,26)/t12-,15-,16+,19-/m0/s1. The molecule has 0 radical (unpaired) electrons. The van der Waals surface area contributed by atoms with Gasteiger partial charge in [-0.15, -0.1) is 0 Å². The largest absolute Gasteiger partial charge is 0.497 e. The Morgan fingerprint density at radius 1 is 1.33 bits per heavy atom. The number of aryl methyl sites for hydroxylation is 1. The average molecular weight is 366 g/mol. The maximum absolute atomic E-state index is 12.3. The third-order valence-electron chi connectivity index (χ3n) is 6.91. The van der Waals surface area contributed by atoms with Gasteiger partial charge in [0.2, 0.25) is 0 Å². The quantitative estimate of drug-likeness (QED) is 0.460. The molecule has 0 saturated carbocycles. The van der Waals surface area contributed by atoms with Gasteiger partial charge < -0.3 is 9.30 Å². The van der Waals surface area contributed by atoms with E-state index in [1.165, 1.54) is 22.2 Å². The smallest absolute Gasteiger partial charge is 0.264 e. The van der Waals surface area contributed by atoms with Gasteiger partial charge in [-0.2, -0.15) is 0 Å². The number of para-hydroxylation sites is 1. The van der Waals surface area contributed by atoms with Crippen LogP contribution in [0, 0.1) is 11.8 Å². The first-order valence-electron chi connectivity index (χ1n) is 9.76. The summed E-state index contributed by atoms with van der Waals surface area (Å²) in [6, 6.07) is 8.99. The molecule has 6 nitrogen and oxygen atoms in total. The van der Waals surface area contributed by atoms with E-state index in [9.17, 15) is 4.79 Å². The number of nitrogens with zero attached hydrogens (tertiary/aromatic N) is 2. The molecule has 0 aliphatic carbocycles. The Labute approximate surface area is 158 Å². The van der Waals surface area contributed by atoms with Crippen LogP contribution in [0.2, 0.25) is 0 Å². The molecular weight excluding hydrogens is 340 g/mol. The molecule has 6 heteroatoms. The number of piperidine rings is 1. The second kappa shape index (κ2) is 6.11. The minimum Gasteiger partial charge on any atom is -0.497 e. The monoisotopic (exact) mass is 366 g/mol. The lowest BCUT2D eigenvalue weighted by Gasteiger charge is -2.49. The molecule has 3 N–H and O–H groups in total. The second-order valence-corrected chi connectivity index (χ2v) is 8.09. The lowest BCUT2D eigenvalue weighted by molar-refractivity contribution is -0.120. The molecular formula is C21H26N4O2. The van der Waals surface area contributed by atoms with E-state index in [4.69, 9.17) is 10.6 Å². The highest BCUT2D eigenvalue weighted by atomic mass is 16.5. The van der Waals surface area contributed by atoms with Gasteiger partial charge in [-0.1, -0.05) is 18.2 Å². The number of amides is 1. The first-order chi connectivity index (χ1) is 13.1. The van der Waals surface area contributed by atoms with Gasteiger partial charge in [-0.3, -0.25) is 15.1 Å². The fraction of sp³-hybridized carbons (Fsp3) is 0.476. The molecule has 0 spiro atoms. The molecule has 1 aromatic carbocycles. The van der Waals surface area contributed by atoms with E-state index < -0.39 is 0 Å². The number of hydrogen-bond acceptors (Lipinski definition) is 4. The minimum absolute atomic E-state index is 0.110. The number of benzene rings is 1. The van der Waals surface area contributed by atoms with E-state index in [1.807, 2.05) is 0 Å². The molecule has 5 rings (SSSR count). The Hall–Kier alpha value is -2.31. The van der Waals surface area contributed by atoms with Crippen LogP contribution in [0.25, 0.3) is 10.9 Å². The Bertz CT molecular complexity index is 947. The number of hydrogen-bond donors (Lipinski definition) is 2. The topological polar surface area (TPSA) is 72.5 Å². The molecule has 1 saturated heterocycles. The van der Waals surface area contributed by atoms with Crippen LogP contribution in [-0.4, -0.2) is 34.6 Å². The third-order valence-corrected chi connectivity index (χ3v) is 6.91. The molecule has 1 fully saturated rings. The maximum atomic E-state index is 12.3. The maximum Gasteiger partial charge on any atom is 0.264 e. The van der Waals surface area contributed by atoms with Crippen LogP contribution in [0.4, 0.5) is 0 Å². The molecule has 3 aliphatic rings. The summed E-state index contributed by atoms with van der Waals surface area (Å²) in [6.07, 6.45) is 3.74. The van der Waals surface area contributed by atoms with Crippen LogP contribution in [0.1, 0.15) is 30.6 Å². The van der Waals surface area contributed by atoms with Crippen LogP contribution in [0.15, 0.2) is 36.1 Å². The Kier molecular flexibility index (Phi) is 3.81. The lowest BCUT2D eigenvalue weighted by Crippen LogP contribution is -2.52. The van der Waals surface area contributed by atoms with Gasteiger partial charge in [-0.05, 0) is 31.4 Å². The number of nitrogens with two attached hydrogens (primary N) is 1. The summed E-state index contributed by atoms with van der Waals surface area (Å²) in [5, 5.41) is 1.37. The first-order valence-corrected chi connectivity index (χ1v) is 9.76. The molecule has 4 heterocycles. The molecule has 0 bridgehead atoms. The number of aromatic nitrogens is 1. The van der Waals surface area contributed by atoms with Gasteiger partial charge >= 0.3 is 0 Å². The summed E-state index contributed by atoms with van der Waals surface area (Å²) in [6.45, 7) is 4.12. The zero-order valence-corrected chi connectivity index (χ0v) is 15.8. The summed E-state index contributed by atoms with van der Waals surface area (Å²) in [7, 11) is 2.17. The number of fused-ring (bicyclic) bond motifs is 6. The Morgan fingerprint density at radius 2 is 2.15 bits per heavy atom. The number of carbonyl (C=O) groups excluding carboxylic acids is 1. The first kappa shape index (κ1) is 16.8. The van der Waals surface area contributed by atoms with Crippen LogP contribution < -0.4 is 11.3 Å². The van der Waals surface area contributed by atoms with Gasteiger partial charge in [0.1, 0.15) is 0 Å². The molecule has 4 atom stereocenters. The van der Waals surface area contributed by atoms with Gasteiger partial charge in [-0.25, -0.2) is 5.84 Å². The minimum atomic E-state index is -0.224. The zero-order valence-electron chi connectivity index (χ0n) is 15.8. The third kappa shape index (κ3) is 2.36. The SMILES string of the molecule is C[C@@H]1OC=C(C(=O)NN)[C@H]2C[C@H]3c4c(c5ccccc5n4C)CCN3C[C@H]12. The van der Waals surface area contributed by atoms with Crippen LogP contribution in [-0.2, 0) is 23.0 Å². The Balaban J connectivity index is 1.59. The van der Waals surface area contributed by atoms with E-state index >= 15 is 0 Å². The van der Waals surface area contributed by atoms with Gasteiger partial charge in [0.05, 0.1) is 24.0 Å². The predicted octanol–water partition coefficient (Wildman–Crippen LogP) is 2.01. The molecule has 1 aromatic heterocycles. The molecule has 1 amide bonds. The summed E-state index contributed by atoms with van der Waals surface area (Å²) in [5.41, 5.74) is 7.16. The van der Waals surface area contributed by atoms with Crippen LogP contribution in [0.3, 0.4) is 0 Å². The van der Waals surface area contributed by atoms with Crippen molar-refractivity contribution in [2.45, 2.75) is 31.9 Å². The molecule has 2 aromatic rings. The van der Waals surface area contributed by atoms with E-state index in [2.05, 4.69) is 53.1 Å². The van der Waals surface area contributed by atoms with E-state index in [0.717, 1.165) is 25.9 Å². The normalized spacial score (nSPS) is 30.0. The van der Waals surface area contributed by atoms with Crippen molar-refractivity contribution in [3.8, 4) is 0 Å². The molecule has 142 valence electrons. The zero-order chi connectivity index (χ0) is 18.7. The van der Waals surface area contributed by atoms with Crippen molar-refractivity contribution in [1.82, 2.24) is 14.9 Å². The predicted molar refractivity (Wildman–Crippen MR) is 103 cm³/mol. The van der Waals surface area contributed by atoms with Gasteiger partial charge in [0, 0.05) is 48.6 Å². The molecule has 27 heavy (non-hydrogen) atoms. The number of rotatable bonds is 1. The summed E-state index contributed by atoms with van der Waals surface area (Å²) < 4.78 is 8.15. The fourth-order valence-corrected chi connectivity index (χ4v) is 5.56. The summed E-state index contributed by atoms with van der Waals surface area (Å²) >= 11 is 0. The van der Waals surface area contributed by atoms with Crippen LogP contribution >= 0.6 is 0 Å². The van der Waals surface area contributed by atoms with Crippen molar-refractivity contribution in [1.29, 1.82) is 0 Å². The van der Waals surface area contributed by atoms with Crippen molar-refractivity contribution >= 4 is 16.8 Å². The van der Waals surface area contributed by atoms with Gasteiger partial charge in [0.25, 0.3) is 5.91 Å². The Morgan fingerprint density at radius 3 is 2.96 bits per heavy atom. The number of carbonyl (C=O) groups is 1. The van der Waals surface area contributed by atoms with E-state index in [0.29, 0.717) is 17.5 Å². The van der Waals surface area contributed by atoms with Crippen molar-refractivity contribution in [2.75, 3.05) is 13.1 Å². The van der Waals surface area contributed by atoms with Gasteiger partial charge in [0.15, 0.2) is 0 Å². The second-order valence-electron chi connectivity index (χ2n) is 8.09. The van der Waals surface area contributed by atoms with E-state index in [1.54, 1.807) is 6.26 Å². The lowest BCUT2D eigenvalue weighted by atomic mass is 9.72. The highest BCUT2D eigenvalue weighted by Crippen LogP contribution is 2.48. The fourth-order valence-electron chi connectivity index (χ4n) is 5.56. The number of hydrazine groups is 1. The number of nitrogens with one attached hydrogen (secondary N) is 1. The van der Waals surface area contributed by atoms with Crippen LogP contribution in [0.5, 0.6) is 0 Å². The van der Waals surface area contributed by atoms with Crippen molar-refractivity contribution < 1.29 is 9.53 Å². The highest BCUT2D eigenvalue weighted by Gasteiger charge is 2.46. The molecule has 0 unspecified atom stereocenters. The van der Waals surface area contributed by atoms with Crippen molar-refractivity contribution in [3.05, 3.63) is 47.4 Å². The molecule has 3 aliphatic heterocycles. The summed E-state index contributed by atoms with van der Waals surface area (Å²) in [4.78, 5) is 14.9.